The Hall–Kier alpha value is -13.0. The van der Waals surface area contributed by atoms with Crippen LogP contribution in [0.25, 0.3) is 24.3 Å². The molecule has 15 rings (SSSR count). The van der Waals surface area contributed by atoms with E-state index in [9.17, 15) is 19.2 Å². The molecule has 6 aromatic heterocycles. The maximum absolute atomic E-state index is 12.6. The summed E-state index contributed by atoms with van der Waals surface area (Å²) in [6.45, 7) is 18.8. The number of phenols is 1. The molecule has 4 atom stereocenters. The van der Waals surface area contributed by atoms with Gasteiger partial charge in [-0.25, -0.2) is 29.9 Å². The van der Waals surface area contributed by atoms with Gasteiger partial charge >= 0.3 is 0 Å². The molecule has 9 N–H and O–H groups in total. The second-order valence-electron chi connectivity index (χ2n) is 31.1. The van der Waals surface area contributed by atoms with E-state index in [-0.39, 0.29) is 58.1 Å². The molecule has 1 aliphatic rings. The Morgan fingerprint density at radius 2 is 0.620 bits per heavy atom. The van der Waals surface area contributed by atoms with Gasteiger partial charge in [0.05, 0.1) is 52.3 Å². The number of nitrogen functional groups attached to an aromatic ring is 3. The van der Waals surface area contributed by atoms with Crippen LogP contribution in [0, 0.1) is 39.5 Å². The first-order chi connectivity index (χ1) is 65.3. The van der Waals surface area contributed by atoms with Crippen LogP contribution in [0.5, 0.6) is 75.5 Å². The molecule has 0 radical (unpaired) electrons. The van der Waals surface area contributed by atoms with Crippen LogP contribution < -0.4 is 51.4 Å². The van der Waals surface area contributed by atoms with Crippen LogP contribution in [-0.2, 0) is 9.59 Å². The van der Waals surface area contributed by atoms with E-state index in [0.29, 0.717) is 141 Å². The summed E-state index contributed by atoms with van der Waals surface area (Å²) in [5.41, 5.74) is 32.8. The average Bonchev–Trinajstić information content (AvgIpc) is 1.62. The van der Waals surface area contributed by atoms with Gasteiger partial charge in [-0.15, -0.1) is 0 Å². The molecule has 14 aromatic rings. The highest BCUT2D eigenvalue weighted by molar-refractivity contribution is 9.10. The van der Waals surface area contributed by atoms with Gasteiger partial charge in [-0.05, 0) is 295 Å². The Labute approximate surface area is 848 Å². The van der Waals surface area contributed by atoms with Crippen LogP contribution in [0.4, 0.5) is 17.1 Å². The monoisotopic (exact) mass is 2100 g/mol. The molecule has 0 bridgehead atoms. The number of hydrogen-bond donors (Lipinski definition) is 5. The van der Waals surface area contributed by atoms with Crippen molar-refractivity contribution >= 4 is 178 Å². The van der Waals surface area contributed by atoms with Crippen molar-refractivity contribution in [1.82, 2.24) is 34.8 Å². The number of aromatic hydroxyl groups is 1. The molecule has 31 heteroatoms. The summed E-state index contributed by atoms with van der Waals surface area (Å²) in [5.74, 6) is 6.57. The quantitative estimate of drug-likeness (QED) is 0.0202. The summed E-state index contributed by atoms with van der Waals surface area (Å²) in [7, 11) is 0. The summed E-state index contributed by atoms with van der Waals surface area (Å²) in [4.78, 5) is 73.7. The SMILES string of the molecule is CC(=O)C[C@@H](C)/C=C/c1ccc(Oc2ccc(C)cc2Cl)nc1.CC(=O)C[C@@H](C)/C=C/c1ccc(Oc2ccc(N)cc2Cl)nc1.Cc1ccc(Oc2ccc(/C=C/[C@H](C)N)cn2)c(Cl)c1.Cc1ccc(Oc2ccc(/C=C/[C@H](C)N3C(=O)c4ccccc4C3=O)cn2)c(Cl)c1.Cc1ccc(Oc2ccc(Br)cn2)c(Cl)c1.Nc1ccc(O)c(Cl)c1.Nc1ccc(Oc2ccc(Br)cn2)c(Cl)c1. The van der Waals surface area contributed by atoms with E-state index in [1.807, 2.05) is 201 Å². The highest BCUT2D eigenvalue weighted by Gasteiger charge is 2.37. The highest BCUT2D eigenvalue weighted by atomic mass is 79.9. The van der Waals surface area contributed by atoms with Crippen molar-refractivity contribution in [2.75, 3.05) is 17.2 Å². The number of nitrogens with two attached hydrogens (primary N) is 4. The zero-order valence-electron chi connectivity index (χ0n) is 76.0. The van der Waals surface area contributed by atoms with Crippen LogP contribution in [0.3, 0.4) is 0 Å². The van der Waals surface area contributed by atoms with Crippen LogP contribution in [0.2, 0.25) is 35.2 Å². The number of amides is 2. The largest absolute Gasteiger partial charge is 0.506 e. The molecule has 8 aromatic carbocycles. The van der Waals surface area contributed by atoms with Crippen molar-refractivity contribution in [3.05, 3.63) is 386 Å². The Morgan fingerprint density at radius 1 is 0.358 bits per heavy atom. The van der Waals surface area contributed by atoms with E-state index < -0.39 is 0 Å². The van der Waals surface area contributed by atoms with Gasteiger partial charge in [0.2, 0.25) is 35.3 Å². The fourth-order valence-electron chi connectivity index (χ4n) is 12.0. The fourth-order valence-corrected chi connectivity index (χ4v) is 14.2. The van der Waals surface area contributed by atoms with E-state index in [1.54, 1.807) is 166 Å². The van der Waals surface area contributed by atoms with Crippen LogP contribution in [0.15, 0.2) is 295 Å². The number of hydrogen-bond acceptors (Lipinski definition) is 21. The van der Waals surface area contributed by atoms with Gasteiger partial charge in [0.25, 0.3) is 11.8 Å². The van der Waals surface area contributed by atoms with E-state index in [2.05, 4.69) is 61.8 Å². The number of carbonyl (C=O) groups is 4. The molecular weight excluding hydrogens is 2010 g/mol. The lowest BCUT2D eigenvalue weighted by Gasteiger charge is -2.19. The molecule has 2 amide bonds. The summed E-state index contributed by atoms with van der Waals surface area (Å²) in [6, 6.07) is 65.5. The molecule has 0 aliphatic carbocycles. The second kappa shape index (κ2) is 54.1. The lowest BCUT2D eigenvalue weighted by molar-refractivity contribution is -0.118. The maximum Gasteiger partial charge on any atom is 0.262 e. The first kappa shape index (κ1) is 108. The van der Waals surface area contributed by atoms with Gasteiger partial charge in [0.1, 0.15) is 51.8 Å². The van der Waals surface area contributed by atoms with Gasteiger partial charge in [-0.3, -0.25) is 14.5 Å². The van der Waals surface area contributed by atoms with E-state index in [4.69, 9.17) is 138 Å². The minimum absolute atomic E-state index is 0.0253. The molecule has 0 unspecified atom stereocenters. The molecular formula is C106H98Br2Cl7N11O11. The zero-order chi connectivity index (χ0) is 99.4. The third-order valence-electron chi connectivity index (χ3n) is 18.8. The van der Waals surface area contributed by atoms with Crippen molar-refractivity contribution in [3.8, 4) is 75.5 Å². The van der Waals surface area contributed by atoms with Crippen LogP contribution >= 0.6 is 113 Å². The first-order valence-electron chi connectivity index (χ1n) is 42.3. The number of ketones is 2. The zero-order valence-corrected chi connectivity index (χ0v) is 84.5. The molecule has 1 aliphatic heterocycles. The van der Waals surface area contributed by atoms with Crippen molar-refractivity contribution in [1.29, 1.82) is 0 Å². The van der Waals surface area contributed by atoms with Crippen molar-refractivity contribution in [2.45, 2.75) is 94.2 Å². The highest BCUT2D eigenvalue weighted by Crippen LogP contribution is 2.37. The van der Waals surface area contributed by atoms with Crippen molar-refractivity contribution in [3.63, 3.8) is 0 Å². The second-order valence-corrected chi connectivity index (χ2v) is 35.8. The Morgan fingerprint density at radius 3 is 0.869 bits per heavy atom. The Bertz CT molecular complexity index is 6300. The first-order valence-corrected chi connectivity index (χ1v) is 46.6. The topological polar surface area (TPSA) is 329 Å². The maximum atomic E-state index is 12.6. The predicted octanol–water partition coefficient (Wildman–Crippen LogP) is 30.0. The summed E-state index contributed by atoms with van der Waals surface area (Å²) in [6.07, 6.45) is 26.6. The molecule has 0 fully saturated rings. The number of halogens is 9. The Kier molecular flexibility index (Phi) is 42.5. The third kappa shape index (κ3) is 36.9. The van der Waals surface area contributed by atoms with E-state index in [1.165, 1.54) is 17.0 Å². The van der Waals surface area contributed by atoms with Crippen LogP contribution in [-0.4, -0.2) is 75.4 Å². The predicted molar refractivity (Wildman–Crippen MR) is 560 cm³/mol. The van der Waals surface area contributed by atoms with Gasteiger partial charge < -0.3 is 66.1 Å². The molecule has 0 saturated heterocycles. The van der Waals surface area contributed by atoms with Gasteiger partial charge in [-0.1, -0.05) is 180 Å². The number of ether oxygens (including phenoxy) is 6. The number of allylic oxidation sites excluding steroid dienone is 2. The summed E-state index contributed by atoms with van der Waals surface area (Å²) in [5, 5.41) is 12.3. The minimum Gasteiger partial charge on any atom is -0.506 e. The third-order valence-corrected chi connectivity index (χ3v) is 21.8. The van der Waals surface area contributed by atoms with Crippen molar-refractivity contribution in [2.24, 2.45) is 17.6 Å². The number of nitrogens with zero attached hydrogens (tertiary/aromatic N) is 7. The van der Waals surface area contributed by atoms with Gasteiger partial charge in [0, 0.05) is 118 Å². The molecule has 0 saturated carbocycles. The molecule has 706 valence electrons. The van der Waals surface area contributed by atoms with Gasteiger partial charge in [-0.2, -0.15) is 0 Å². The molecule has 137 heavy (non-hydrogen) atoms. The smallest absolute Gasteiger partial charge is 0.262 e. The number of aryl methyl sites for hydroxylation is 4. The normalized spacial score (nSPS) is 12.1. The molecule has 7 heterocycles. The standard InChI is InChI=1S/C24H19ClN2O3.C19H20ClNO2.C18H19ClN2O2.C16H17ClN2O.C12H9BrClNO.C11H8BrClN2O.C6H6ClNO/c1-15-7-11-21(20(25)13-15)30-22-12-10-17(14-26-22)9-8-16(2)27-23(28)18-5-3-4-6-19(18)24(27)29;1-13(10-15(3)22)4-6-16-7-9-19(21-12-16)23-18-8-5-14(2)11-17(18)20;1-12(9-13(2)22)3-4-14-5-8-18(21-11-14)23-17-7-6-15(20)10-16(17)19;1-11-3-7-15(14(17)9-11)20-16-8-6-13(10-19-16)5-4-12(2)18;1-8-2-4-11(10(14)6-8)16-12-5-3-9(13)7-15-12;12-7-1-4-11(15-6-7)16-10-3-2-8(14)5-9(10)13;7-5-3-4(8)1-2-6(5)9/h3-14,16H,1-2H3;4-9,11-13H,10H2,1-3H3;3-8,10-12H,9,20H2,1-2H3;3-10,12H,18H2,1-2H3;2-7H,1H3;1-6H,14H2;1-3,9H,8H2/b9-8+;6-4+;4-3+;5-4+;;;/t16-;13-;2*12-;;;/m0000.../s1. The number of aromatic nitrogens is 6. The number of imide groups is 1. The minimum atomic E-state index is -0.389. The van der Waals surface area contributed by atoms with E-state index >= 15 is 0 Å². The number of rotatable bonds is 25. The number of carbonyl (C=O) groups excluding carboxylic acids is 4. The lowest BCUT2D eigenvalue weighted by atomic mass is 10.0. The number of fused-ring (bicyclic) bond motifs is 1. The Balaban J connectivity index is 0.000000183. The number of Topliss-reactive ketones (excluding diaryl/α,β-unsaturated/α-hetero) is 2. The van der Waals surface area contributed by atoms with E-state index in [0.717, 1.165) is 53.5 Å². The number of benzene rings is 8. The van der Waals surface area contributed by atoms with Crippen LogP contribution in [0.1, 0.15) is 120 Å². The number of anilines is 3. The molecule has 22 nitrogen and oxygen atoms in total. The van der Waals surface area contributed by atoms with Crippen molar-refractivity contribution < 1.29 is 52.7 Å². The average molecular weight is 2110 g/mol. The number of pyridine rings is 6. The fraction of sp³-hybridized carbons (Fsp3) is 0.151. The van der Waals surface area contributed by atoms with Gasteiger partial charge in [0.15, 0.2) is 0 Å². The molecule has 0 spiro atoms. The summed E-state index contributed by atoms with van der Waals surface area (Å²) < 4.78 is 35.6. The lowest BCUT2D eigenvalue weighted by Crippen LogP contribution is -2.36. The number of phenolic OH excluding ortho intramolecular Hbond substituents is 1. The summed E-state index contributed by atoms with van der Waals surface area (Å²) >= 11 is 48.6.